The fourth-order valence-electron chi connectivity index (χ4n) is 4.75. The molecule has 1 atom stereocenters. The first-order valence-electron chi connectivity index (χ1n) is 11.7. The van der Waals surface area contributed by atoms with Gasteiger partial charge in [-0.25, -0.2) is 4.79 Å². The number of dihydropyridines is 1. The highest BCUT2D eigenvalue weighted by atomic mass is 79.9. The number of allylic oxidation sites excluding steroid dienone is 2. The van der Waals surface area contributed by atoms with Gasteiger partial charge in [0.25, 0.3) is 0 Å². The van der Waals surface area contributed by atoms with Gasteiger partial charge in [-0.2, -0.15) is 0 Å². The molecule has 37 heavy (non-hydrogen) atoms. The summed E-state index contributed by atoms with van der Waals surface area (Å²) in [6.45, 7) is 4.07. The van der Waals surface area contributed by atoms with Crippen LogP contribution in [0.4, 0.5) is 0 Å². The van der Waals surface area contributed by atoms with E-state index >= 15 is 0 Å². The number of nitrogens with one attached hydrogen (secondary N) is 1. The van der Waals surface area contributed by atoms with E-state index < -0.39 is 11.9 Å². The second-order valence-electron chi connectivity index (χ2n) is 8.69. The highest BCUT2D eigenvalue weighted by Crippen LogP contribution is 2.47. The van der Waals surface area contributed by atoms with Crippen LogP contribution in [0.1, 0.15) is 46.8 Å². The van der Waals surface area contributed by atoms with Gasteiger partial charge < -0.3 is 14.8 Å². The van der Waals surface area contributed by atoms with Crippen molar-refractivity contribution in [2.45, 2.75) is 26.4 Å². The largest absolute Gasteiger partial charge is 0.488 e. The Kier molecular flexibility index (Phi) is 7.17. The number of ether oxygens (including phenoxy) is 2. The Morgan fingerprint density at radius 2 is 1.81 bits per heavy atom. The minimum atomic E-state index is -0.605. The average molecular weight is 599 g/mol. The van der Waals surface area contributed by atoms with Gasteiger partial charge in [0.15, 0.2) is 5.78 Å². The number of hydrogen-bond acceptors (Lipinski definition) is 5. The number of hydrogen-bond donors (Lipinski definition) is 1. The van der Waals surface area contributed by atoms with Crippen molar-refractivity contribution in [3.8, 4) is 5.75 Å². The lowest BCUT2D eigenvalue weighted by Gasteiger charge is -2.29. The van der Waals surface area contributed by atoms with Gasteiger partial charge in [-0.1, -0.05) is 59.6 Å². The summed E-state index contributed by atoms with van der Waals surface area (Å²) in [5.74, 6) is -0.573. The van der Waals surface area contributed by atoms with E-state index in [1.54, 1.807) is 19.1 Å². The number of rotatable bonds is 6. The highest BCUT2D eigenvalue weighted by Gasteiger charge is 2.43. The van der Waals surface area contributed by atoms with Gasteiger partial charge in [0.1, 0.15) is 12.4 Å². The zero-order chi connectivity index (χ0) is 26.3. The van der Waals surface area contributed by atoms with Gasteiger partial charge in [0, 0.05) is 43.9 Å². The minimum Gasteiger partial charge on any atom is -0.488 e. The molecule has 1 aliphatic heterocycles. The third-order valence-electron chi connectivity index (χ3n) is 6.43. The molecule has 0 saturated heterocycles. The predicted molar refractivity (Wildman–Crippen MR) is 148 cm³/mol. The van der Waals surface area contributed by atoms with Crippen molar-refractivity contribution >= 4 is 56.6 Å². The van der Waals surface area contributed by atoms with Crippen LogP contribution < -0.4 is 10.1 Å². The van der Waals surface area contributed by atoms with Crippen LogP contribution in [0.5, 0.6) is 5.75 Å². The van der Waals surface area contributed by atoms with E-state index in [1.807, 2.05) is 55.5 Å². The van der Waals surface area contributed by atoms with Crippen LogP contribution in [-0.2, 0) is 16.1 Å². The Morgan fingerprint density at radius 1 is 1.05 bits per heavy atom. The fraction of sp³-hybridized carbons (Fsp3) is 0.172. The van der Waals surface area contributed by atoms with E-state index in [2.05, 4.69) is 21.2 Å². The monoisotopic (exact) mass is 597 g/mol. The normalized spacial score (nSPS) is 16.4. The van der Waals surface area contributed by atoms with E-state index in [4.69, 9.17) is 32.7 Å². The lowest BCUT2D eigenvalue weighted by molar-refractivity contribution is -0.138. The van der Waals surface area contributed by atoms with Gasteiger partial charge in [-0.15, -0.1) is 0 Å². The lowest BCUT2D eigenvalue weighted by atomic mass is 9.80. The molecule has 3 aromatic rings. The third-order valence-corrected chi connectivity index (χ3v) is 7.64. The summed E-state index contributed by atoms with van der Waals surface area (Å²) < 4.78 is 12.1. The Balaban J connectivity index is 1.53. The molecule has 0 bridgehead atoms. The molecule has 0 spiro atoms. The molecular weight excluding hydrogens is 577 g/mol. The van der Waals surface area contributed by atoms with Crippen LogP contribution in [0.25, 0.3) is 5.70 Å². The minimum absolute atomic E-state index is 0.105. The molecule has 0 aromatic heterocycles. The summed E-state index contributed by atoms with van der Waals surface area (Å²) >= 11 is 15.9. The van der Waals surface area contributed by atoms with Crippen molar-refractivity contribution in [3.63, 3.8) is 0 Å². The smallest absolute Gasteiger partial charge is 0.336 e. The molecule has 1 heterocycles. The van der Waals surface area contributed by atoms with Crippen LogP contribution in [0.2, 0.25) is 10.0 Å². The van der Waals surface area contributed by atoms with E-state index in [0.29, 0.717) is 42.7 Å². The number of fused-ring (bicyclic) bond motifs is 2. The molecule has 0 saturated carbocycles. The maximum atomic E-state index is 13.6. The number of carbonyl (C=O) groups excluding carboxylic acids is 2. The van der Waals surface area contributed by atoms with Crippen LogP contribution >= 0.6 is 39.1 Å². The molecule has 188 valence electrons. The average Bonchev–Trinajstić information content (AvgIpc) is 3.15. The molecule has 0 amide bonds. The lowest BCUT2D eigenvalue weighted by Crippen LogP contribution is -2.29. The maximum Gasteiger partial charge on any atom is 0.336 e. The number of Topliss-reactive ketones (excluding diaryl/α,β-unsaturated/α-hetero) is 1. The molecule has 5 rings (SSSR count). The summed E-state index contributed by atoms with van der Waals surface area (Å²) in [5, 5.41) is 4.38. The van der Waals surface area contributed by atoms with E-state index in [0.717, 1.165) is 22.4 Å². The SMILES string of the molecule is CCOC(=O)C1=C(C)NC2=C(C(=O)c3ccccc32)[C@@H]1c1ccc(OCc2ccc(Cl)cc2Cl)c(Br)c1. The van der Waals surface area contributed by atoms with Crippen molar-refractivity contribution in [2.75, 3.05) is 6.61 Å². The van der Waals surface area contributed by atoms with E-state index in [9.17, 15) is 9.59 Å². The second kappa shape index (κ2) is 10.4. The number of benzene rings is 3. The van der Waals surface area contributed by atoms with Gasteiger partial charge in [0.2, 0.25) is 0 Å². The van der Waals surface area contributed by atoms with Crippen molar-refractivity contribution in [1.82, 2.24) is 5.32 Å². The molecular formula is C29H22BrCl2NO4. The Hall–Kier alpha value is -3.06. The Bertz CT molecular complexity index is 1510. The Morgan fingerprint density at radius 3 is 2.51 bits per heavy atom. The summed E-state index contributed by atoms with van der Waals surface area (Å²) in [5.41, 5.74) is 5.33. The van der Waals surface area contributed by atoms with Crippen LogP contribution in [0, 0.1) is 0 Å². The quantitative estimate of drug-likeness (QED) is 0.298. The molecule has 0 fully saturated rings. The molecule has 2 aliphatic rings. The molecule has 8 heteroatoms. The van der Waals surface area contributed by atoms with Crippen molar-refractivity contribution in [3.05, 3.63) is 114 Å². The molecule has 5 nitrogen and oxygen atoms in total. The topological polar surface area (TPSA) is 64.6 Å². The highest BCUT2D eigenvalue weighted by molar-refractivity contribution is 9.10. The summed E-state index contributed by atoms with van der Waals surface area (Å²) in [6, 6.07) is 18.3. The van der Waals surface area contributed by atoms with Gasteiger partial charge in [-0.05, 0) is 59.6 Å². The third kappa shape index (κ3) is 4.70. The summed E-state index contributed by atoms with van der Waals surface area (Å²) in [7, 11) is 0. The Labute approximate surface area is 233 Å². The standard InChI is InChI=1S/C29H22BrCl2NO4/c1-3-36-29(35)24-15(2)33-27-19-6-4-5-7-20(19)28(34)26(27)25(24)16-9-11-23(21(30)12-16)37-14-17-8-10-18(31)13-22(17)32/h4-13,25,33H,3,14H2,1-2H3/t25-/m1/s1. The molecule has 3 aromatic carbocycles. The van der Waals surface area contributed by atoms with Crippen molar-refractivity contribution in [2.24, 2.45) is 0 Å². The van der Waals surface area contributed by atoms with E-state index in [1.165, 1.54) is 0 Å². The van der Waals surface area contributed by atoms with E-state index in [-0.39, 0.29) is 19.0 Å². The first-order chi connectivity index (χ1) is 17.8. The van der Waals surface area contributed by atoms with Gasteiger partial charge in [0.05, 0.1) is 22.3 Å². The zero-order valence-electron chi connectivity index (χ0n) is 20.0. The first kappa shape index (κ1) is 25.6. The predicted octanol–water partition coefficient (Wildman–Crippen LogP) is 7.47. The number of halogens is 3. The van der Waals surface area contributed by atoms with Gasteiger partial charge in [-0.3, -0.25) is 4.79 Å². The van der Waals surface area contributed by atoms with Crippen LogP contribution in [-0.4, -0.2) is 18.4 Å². The molecule has 0 radical (unpaired) electrons. The van der Waals surface area contributed by atoms with Crippen molar-refractivity contribution < 1.29 is 19.1 Å². The second-order valence-corrected chi connectivity index (χ2v) is 10.4. The summed E-state index contributed by atoms with van der Waals surface area (Å²) in [6.07, 6.45) is 0. The van der Waals surface area contributed by atoms with Crippen molar-refractivity contribution in [1.29, 1.82) is 0 Å². The molecule has 0 unspecified atom stereocenters. The summed E-state index contributed by atoms with van der Waals surface area (Å²) in [4.78, 5) is 26.7. The number of carbonyl (C=O) groups is 2. The number of esters is 1. The first-order valence-corrected chi connectivity index (χ1v) is 13.2. The van der Waals surface area contributed by atoms with Crippen LogP contribution in [0.15, 0.2) is 82.0 Å². The molecule has 1 N–H and O–H groups in total. The fourth-order valence-corrected chi connectivity index (χ4v) is 5.72. The zero-order valence-corrected chi connectivity index (χ0v) is 23.1. The van der Waals surface area contributed by atoms with Gasteiger partial charge >= 0.3 is 5.97 Å². The molecule has 1 aliphatic carbocycles. The maximum absolute atomic E-state index is 13.6. The van der Waals surface area contributed by atoms with Crippen LogP contribution in [0.3, 0.4) is 0 Å². The number of ketones is 1.